The van der Waals surface area contributed by atoms with Gasteiger partial charge in [-0.1, -0.05) is 30.7 Å². The summed E-state index contributed by atoms with van der Waals surface area (Å²) in [6.45, 7) is 0.871. The molecular weight excluding hydrogens is 244 g/mol. The molecule has 0 heterocycles. The summed E-state index contributed by atoms with van der Waals surface area (Å²) in [4.78, 5) is 0. The van der Waals surface area contributed by atoms with Crippen molar-refractivity contribution >= 4 is 11.6 Å². The molecule has 0 saturated carbocycles. The molecule has 0 aliphatic heterocycles. The van der Waals surface area contributed by atoms with Gasteiger partial charge in [-0.3, -0.25) is 0 Å². The summed E-state index contributed by atoms with van der Waals surface area (Å²) < 4.78 is 5.11. The van der Waals surface area contributed by atoms with Crippen LogP contribution in [-0.2, 0) is 11.2 Å². The number of hydrogen-bond acceptors (Lipinski definition) is 1. The Bertz CT molecular complexity index is 364. The highest BCUT2D eigenvalue weighted by atomic mass is 35.5. The van der Waals surface area contributed by atoms with Crippen LogP contribution >= 0.6 is 11.6 Å². The lowest BCUT2D eigenvalue weighted by atomic mass is 9.91. The van der Waals surface area contributed by atoms with Gasteiger partial charge in [0.25, 0.3) is 0 Å². The Morgan fingerprint density at radius 3 is 2.94 bits per heavy atom. The Labute approximate surface area is 115 Å². The summed E-state index contributed by atoms with van der Waals surface area (Å²) in [5.74, 6) is 0.632. The molecule has 0 N–H and O–H groups in total. The molecule has 0 amide bonds. The molecule has 18 heavy (non-hydrogen) atoms. The number of rotatable bonds is 5. The Morgan fingerprint density at radius 1 is 1.28 bits per heavy atom. The van der Waals surface area contributed by atoms with E-state index in [4.69, 9.17) is 16.3 Å². The summed E-state index contributed by atoms with van der Waals surface area (Å²) in [5.41, 5.74) is 2.82. The van der Waals surface area contributed by atoms with E-state index in [1.54, 1.807) is 7.11 Å². The number of methoxy groups -OCH3 is 1. The maximum Gasteiger partial charge on any atom is 0.0616 e. The molecular formula is C16H23ClO. The second-order valence-electron chi connectivity index (χ2n) is 5.24. The lowest BCUT2D eigenvalue weighted by Crippen LogP contribution is -2.07. The van der Waals surface area contributed by atoms with Crippen LogP contribution in [-0.4, -0.2) is 13.7 Å². The van der Waals surface area contributed by atoms with Crippen LogP contribution in [0, 0.1) is 5.92 Å². The zero-order valence-corrected chi connectivity index (χ0v) is 12.0. The van der Waals surface area contributed by atoms with Crippen molar-refractivity contribution in [2.45, 2.75) is 43.9 Å². The lowest BCUT2D eigenvalue weighted by molar-refractivity contribution is 0.189. The van der Waals surface area contributed by atoms with Crippen LogP contribution in [0.5, 0.6) is 0 Å². The van der Waals surface area contributed by atoms with E-state index in [1.165, 1.54) is 43.2 Å². The average Bonchev–Trinajstić information content (AvgIpc) is 2.56. The largest absolute Gasteiger partial charge is 0.385 e. The zero-order valence-electron chi connectivity index (χ0n) is 11.2. The van der Waals surface area contributed by atoms with Crippen LogP contribution < -0.4 is 0 Å². The molecule has 1 aromatic carbocycles. The van der Waals surface area contributed by atoms with Crippen molar-refractivity contribution in [2.75, 3.05) is 13.7 Å². The molecule has 0 saturated heterocycles. The predicted molar refractivity (Wildman–Crippen MR) is 77.2 cm³/mol. The van der Waals surface area contributed by atoms with Crippen LogP contribution in [0.3, 0.4) is 0 Å². The first-order valence-electron chi connectivity index (χ1n) is 7.03. The van der Waals surface area contributed by atoms with Gasteiger partial charge in [0.15, 0.2) is 0 Å². The Balaban J connectivity index is 1.97. The minimum absolute atomic E-state index is 0.200. The number of aryl methyl sites for hydroxylation is 1. The molecule has 0 spiro atoms. The van der Waals surface area contributed by atoms with E-state index in [0.717, 1.165) is 13.0 Å². The molecule has 1 nitrogen and oxygen atoms in total. The topological polar surface area (TPSA) is 9.23 Å². The van der Waals surface area contributed by atoms with Crippen molar-refractivity contribution in [3.63, 3.8) is 0 Å². The van der Waals surface area contributed by atoms with E-state index in [2.05, 4.69) is 24.3 Å². The number of unbranched alkanes of at least 4 members (excludes halogenated alkanes) is 1. The molecule has 0 radical (unpaired) electrons. The van der Waals surface area contributed by atoms with Crippen molar-refractivity contribution in [3.8, 4) is 0 Å². The van der Waals surface area contributed by atoms with Gasteiger partial charge in [0.1, 0.15) is 0 Å². The minimum Gasteiger partial charge on any atom is -0.385 e. The first-order chi connectivity index (χ1) is 8.83. The van der Waals surface area contributed by atoms with Crippen LogP contribution in [0.2, 0.25) is 0 Å². The molecule has 1 aliphatic rings. The molecule has 2 rings (SSSR count). The highest BCUT2D eigenvalue weighted by Crippen LogP contribution is 2.40. The van der Waals surface area contributed by atoms with Crippen molar-refractivity contribution in [3.05, 3.63) is 35.4 Å². The van der Waals surface area contributed by atoms with Gasteiger partial charge in [0, 0.05) is 13.7 Å². The minimum atomic E-state index is 0.200. The van der Waals surface area contributed by atoms with Crippen LogP contribution in [0.15, 0.2) is 24.3 Å². The third kappa shape index (κ3) is 3.49. The number of hydrogen-bond donors (Lipinski definition) is 0. The van der Waals surface area contributed by atoms with Gasteiger partial charge in [0.2, 0.25) is 0 Å². The van der Waals surface area contributed by atoms with Crippen LogP contribution in [0.1, 0.15) is 48.6 Å². The number of halogens is 1. The van der Waals surface area contributed by atoms with Gasteiger partial charge in [-0.05, 0) is 49.1 Å². The first kappa shape index (κ1) is 13.9. The normalized spacial score (nSPS) is 23.4. The maximum absolute atomic E-state index is 6.70. The van der Waals surface area contributed by atoms with E-state index in [-0.39, 0.29) is 5.38 Å². The van der Waals surface area contributed by atoms with E-state index in [0.29, 0.717) is 5.92 Å². The predicted octanol–water partition coefficient (Wildman–Crippen LogP) is 4.74. The van der Waals surface area contributed by atoms with Gasteiger partial charge in [-0.25, -0.2) is 0 Å². The number of fused-ring (bicyclic) bond motifs is 1. The summed E-state index contributed by atoms with van der Waals surface area (Å²) in [7, 11) is 1.77. The van der Waals surface area contributed by atoms with Gasteiger partial charge in [-0.2, -0.15) is 0 Å². The van der Waals surface area contributed by atoms with E-state index in [9.17, 15) is 0 Å². The first-order valence-corrected chi connectivity index (χ1v) is 7.47. The average molecular weight is 267 g/mol. The monoisotopic (exact) mass is 266 g/mol. The number of ether oxygens (including phenoxy) is 1. The third-order valence-corrected chi connectivity index (χ3v) is 4.55. The van der Waals surface area contributed by atoms with Gasteiger partial charge >= 0.3 is 0 Å². The highest BCUT2D eigenvalue weighted by Gasteiger charge is 2.25. The molecule has 2 heteroatoms. The Hall–Kier alpha value is -0.530. The fourth-order valence-electron chi connectivity index (χ4n) is 2.93. The van der Waals surface area contributed by atoms with Crippen molar-refractivity contribution in [2.24, 2.45) is 5.92 Å². The quantitative estimate of drug-likeness (QED) is 0.425. The number of alkyl halides is 1. The van der Waals surface area contributed by atoms with Gasteiger partial charge < -0.3 is 4.74 Å². The molecule has 100 valence electrons. The van der Waals surface area contributed by atoms with E-state index in [1.807, 2.05) is 0 Å². The Kier molecular flexibility index (Phi) is 5.52. The second-order valence-corrected chi connectivity index (χ2v) is 5.71. The molecule has 0 fully saturated rings. The van der Waals surface area contributed by atoms with Crippen LogP contribution in [0.25, 0.3) is 0 Å². The Morgan fingerprint density at radius 2 is 2.11 bits per heavy atom. The smallest absolute Gasteiger partial charge is 0.0616 e. The summed E-state index contributed by atoms with van der Waals surface area (Å²) in [6.07, 6.45) is 7.33. The van der Waals surface area contributed by atoms with Crippen molar-refractivity contribution in [1.82, 2.24) is 0 Å². The fraction of sp³-hybridized carbons (Fsp3) is 0.625. The summed E-state index contributed by atoms with van der Waals surface area (Å²) in [5, 5.41) is 0.200. The van der Waals surface area contributed by atoms with Crippen LogP contribution in [0.4, 0.5) is 0 Å². The molecule has 2 atom stereocenters. The van der Waals surface area contributed by atoms with Crippen molar-refractivity contribution in [1.29, 1.82) is 0 Å². The zero-order chi connectivity index (χ0) is 12.8. The number of benzene rings is 1. The molecule has 0 aromatic heterocycles. The second kappa shape index (κ2) is 7.16. The molecule has 0 bridgehead atoms. The lowest BCUT2D eigenvalue weighted by Gasteiger charge is -2.21. The fourth-order valence-corrected chi connectivity index (χ4v) is 3.39. The summed E-state index contributed by atoms with van der Waals surface area (Å²) in [6, 6.07) is 8.68. The van der Waals surface area contributed by atoms with Gasteiger partial charge in [0.05, 0.1) is 5.38 Å². The maximum atomic E-state index is 6.70. The molecule has 1 aromatic rings. The molecule has 2 unspecified atom stereocenters. The van der Waals surface area contributed by atoms with E-state index >= 15 is 0 Å². The molecule has 1 aliphatic carbocycles. The third-order valence-electron chi connectivity index (χ3n) is 3.96. The van der Waals surface area contributed by atoms with Gasteiger partial charge in [-0.15, -0.1) is 11.6 Å². The SMILES string of the molecule is COCCCCC1CCCc2ccccc2C1Cl. The van der Waals surface area contributed by atoms with E-state index < -0.39 is 0 Å². The summed E-state index contributed by atoms with van der Waals surface area (Å²) >= 11 is 6.70. The standard InChI is InChI=1S/C16H23ClO/c1-18-12-5-4-8-14-10-6-9-13-7-2-3-11-15(13)16(14)17/h2-3,7,11,14,16H,4-6,8-10,12H2,1H3. The van der Waals surface area contributed by atoms with Crippen molar-refractivity contribution < 1.29 is 4.74 Å². The highest BCUT2D eigenvalue weighted by molar-refractivity contribution is 6.21.